The second kappa shape index (κ2) is 11.5. The molecule has 4 aromatic rings. The van der Waals surface area contributed by atoms with E-state index in [9.17, 15) is 17.6 Å². The molecule has 41 heavy (non-hydrogen) atoms. The second-order valence-corrected chi connectivity index (χ2v) is 12.3. The Morgan fingerprint density at radius 2 is 1.93 bits per heavy atom. The van der Waals surface area contributed by atoms with Crippen LogP contribution in [-0.2, 0) is 14.6 Å². The van der Waals surface area contributed by atoms with Gasteiger partial charge in [0.2, 0.25) is 11.9 Å². The van der Waals surface area contributed by atoms with Crippen LogP contribution in [0.2, 0.25) is 0 Å². The number of hydrogen-bond donors (Lipinski definition) is 3. The Balaban J connectivity index is 1.43. The van der Waals surface area contributed by atoms with Crippen LogP contribution in [-0.4, -0.2) is 89.6 Å². The maximum Gasteiger partial charge on any atom is 0.242 e. The first kappa shape index (κ1) is 28.6. The van der Waals surface area contributed by atoms with Gasteiger partial charge in [0.25, 0.3) is 0 Å². The number of carbonyl (C=O) groups is 1. The summed E-state index contributed by atoms with van der Waals surface area (Å²) in [6.07, 6.45) is 6.66. The predicted molar refractivity (Wildman–Crippen MR) is 156 cm³/mol. The molecule has 1 amide bonds. The van der Waals surface area contributed by atoms with Crippen LogP contribution in [0.25, 0.3) is 22.2 Å². The van der Waals surface area contributed by atoms with Crippen molar-refractivity contribution >= 4 is 44.1 Å². The average Bonchev–Trinajstić information content (AvgIpc) is 3.37. The highest BCUT2D eigenvalue weighted by atomic mass is 32.2. The minimum absolute atomic E-state index is 0.0540. The molecular weight excluding hydrogens is 547 g/mol. The molecule has 0 bridgehead atoms. The fourth-order valence-electron chi connectivity index (χ4n) is 5.08. The van der Waals surface area contributed by atoms with Crippen molar-refractivity contribution in [1.29, 1.82) is 0 Å². The van der Waals surface area contributed by atoms with E-state index in [-0.39, 0.29) is 23.6 Å². The molecule has 216 valence electrons. The normalized spacial score (nSPS) is 15.6. The molecule has 1 saturated heterocycles. The van der Waals surface area contributed by atoms with Crippen molar-refractivity contribution in [3.8, 4) is 11.3 Å². The van der Waals surface area contributed by atoms with Crippen LogP contribution in [0.5, 0.6) is 0 Å². The average molecular weight is 581 g/mol. The zero-order valence-corrected chi connectivity index (χ0v) is 24.2. The summed E-state index contributed by atoms with van der Waals surface area (Å²) in [5, 5.41) is 6.62. The summed E-state index contributed by atoms with van der Waals surface area (Å²) >= 11 is 0. The van der Waals surface area contributed by atoms with Gasteiger partial charge in [-0.25, -0.2) is 27.8 Å². The number of aromatic nitrogens is 4. The van der Waals surface area contributed by atoms with E-state index in [0.717, 1.165) is 48.9 Å². The third-order valence-corrected chi connectivity index (χ3v) is 8.46. The maximum atomic E-state index is 14.9. The van der Waals surface area contributed by atoms with Gasteiger partial charge in [0, 0.05) is 62.0 Å². The lowest BCUT2D eigenvalue weighted by Gasteiger charge is -2.36. The third-order valence-electron chi connectivity index (χ3n) is 7.35. The largest absolute Gasteiger partial charge is 0.357 e. The lowest BCUT2D eigenvalue weighted by atomic mass is 10.1. The minimum Gasteiger partial charge on any atom is -0.357 e. The molecule has 1 aromatic carbocycles. The lowest BCUT2D eigenvalue weighted by Crippen LogP contribution is -2.52. The van der Waals surface area contributed by atoms with E-state index in [0.29, 0.717) is 23.4 Å². The molecule has 5 rings (SSSR count). The van der Waals surface area contributed by atoms with Crippen molar-refractivity contribution in [2.75, 3.05) is 50.1 Å². The standard InChI is InChI=1S/C28H33FN8O3S/c1-5-21(37-13-11-36(3)12-14-37)27(38)35-26-25-18(9-10-30-26)19(16-31-25)24-17(2)15-32-28(34-24)33-20-7-6-8-22(23(20)29)41(4,39)40/h6-10,15-16,21,31H,5,11-14H2,1-4H3,(H,30,35,38)(H,32,33,34)/t21-/m1/s1. The highest BCUT2D eigenvalue weighted by molar-refractivity contribution is 7.90. The van der Waals surface area contributed by atoms with Crippen molar-refractivity contribution in [3.05, 3.63) is 54.2 Å². The van der Waals surface area contributed by atoms with Crippen molar-refractivity contribution in [3.63, 3.8) is 0 Å². The SMILES string of the molecule is CC[C@H](C(=O)Nc1nccc2c(-c3nc(Nc4cccc(S(C)(=O)=O)c4F)ncc3C)c[nH]c12)N1CCN(C)CC1. The molecule has 0 radical (unpaired) electrons. The molecule has 4 heterocycles. The molecule has 11 nitrogen and oxygen atoms in total. The number of pyridine rings is 1. The number of aromatic amines is 1. The van der Waals surface area contributed by atoms with Gasteiger partial charge in [-0.2, -0.15) is 0 Å². The topological polar surface area (TPSA) is 136 Å². The Bertz CT molecular complexity index is 1700. The van der Waals surface area contributed by atoms with Crippen LogP contribution in [0.1, 0.15) is 18.9 Å². The first-order chi connectivity index (χ1) is 19.6. The zero-order valence-electron chi connectivity index (χ0n) is 23.4. The van der Waals surface area contributed by atoms with Gasteiger partial charge >= 0.3 is 0 Å². The number of sulfone groups is 1. The minimum atomic E-state index is -3.75. The van der Waals surface area contributed by atoms with Crippen LogP contribution in [0.4, 0.5) is 21.8 Å². The van der Waals surface area contributed by atoms with Crippen LogP contribution in [0.15, 0.2) is 47.8 Å². The van der Waals surface area contributed by atoms with Gasteiger partial charge < -0.3 is 20.5 Å². The van der Waals surface area contributed by atoms with E-state index in [2.05, 4.69) is 47.4 Å². The summed E-state index contributed by atoms with van der Waals surface area (Å²) in [5.74, 6) is -0.474. The summed E-state index contributed by atoms with van der Waals surface area (Å²) in [5.41, 5.74) is 2.70. The van der Waals surface area contributed by atoms with Crippen molar-refractivity contribution in [2.45, 2.75) is 31.2 Å². The molecule has 1 aliphatic heterocycles. The van der Waals surface area contributed by atoms with E-state index in [1.807, 2.05) is 19.9 Å². The lowest BCUT2D eigenvalue weighted by molar-refractivity contribution is -0.122. The van der Waals surface area contributed by atoms with Gasteiger partial charge in [0.15, 0.2) is 21.5 Å². The smallest absolute Gasteiger partial charge is 0.242 e. The molecule has 3 aromatic heterocycles. The fourth-order valence-corrected chi connectivity index (χ4v) is 5.84. The number of rotatable bonds is 8. The number of nitrogens with one attached hydrogen (secondary N) is 3. The Morgan fingerprint density at radius 1 is 1.17 bits per heavy atom. The van der Waals surface area contributed by atoms with Crippen molar-refractivity contribution in [1.82, 2.24) is 29.7 Å². The number of carbonyl (C=O) groups excluding carboxylic acids is 1. The first-order valence-corrected chi connectivity index (χ1v) is 15.2. The van der Waals surface area contributed by atoms with Crippen LogP contribution < -0.4 is 10.6 Å². The van der Waals surface area contributed by atoms with Crippen molar-refractivity contribution < 1.29 is 17.6 Å². The number of aryl methyl sites for hydroxylation is 1. The number of H-pyrrole nitrogens is 1. The van der Waals surface area contributed by atoms with E-state index < -0.39 is 20.5 Å². The predicted octanol–water partition coefficient (Wildman–Crippen LogP) is 3.58. The van der Waals surface area contributed by atoms with Crippen LogP contribution in [0, 0.1) is 12.7 Å². The van der Waals surface area contributed by atoms with E-state index >= 15 is 0 Å². The number of amides is 1. The molecule has 0 saturated carbocycles. The summed E-state index contributed by atoms with van der Waals surface area (Å²) in [7, 11) is -1.67. The Hall–Kier alpha value is -3.94. The van der Waals surface area contributed by atoms with E-state index in [4.69, 9.17) is 0 Å². The molecule has 3 N–H and O–H groups in total. The highest BCUT2D eigenvalue weighted by Crippen LogP contribution is 2.33. The maximum absolute atomic E-state index is 14.9. The molecule has 0 aliphatic carbocycles. The number of fused-ring (bicyclic) bond motifs is 1. The summed E-state index contributed by atoms with van der Waals surface area (Å²) in [6.45, 7) is 7.37. The number of benzene rings is 1. The third kappa shape index (κ3) is 5.92. The number of anilines is 3. The van der Waals surface area contributed by atoms with Crippen LogP contribution in [0.3, 0.4) is 0 Å². The second-order valence-electron chi connectivity index (χ2n) is 10.3. The number of piperazine rings is 1. The summed E-state index contributed by atoms with van der Waals surface area (Å²) in [6, 6.07) is 5.66. The molecule has 1 atom stereocenters. The Morgan fingerprint density at radius 3 is 2.63 bits per heavy atom. The van der Waals surface area contributed by atoms with Gasteiger partial charge in [0.05, 0.1) is 22.9 Å². The number of hydrogen-bond acceptors (Lipinski definition) is 9. The van der Waals surface area contributed by atoms with Gasteiger partial charge in [-0.3, -0.25) is 9.69 Å². The van der Waals surface area contributed by atoms with E-state index in [1.165, 1.54) is 18.2 Å². The number of nitrogens with zero attached hydrogens (tertiary/aromatic N) is 5. The fraction of sp³-hybridized carbons (Fsp3) is 0.357. The Labute approximate surface area is 238 Å². The summed E-state index contributed by atoms with van der Waals surface area (Å²) in [4.78, 5) is 33.9. The van der Waals surface area contributed by atoms with Gasteiger partial charge in [-0.1, -0.05) is 13.0 Å². The summed E-state index contributed by atoms with van der Waals surface area (Å²) < 4.78 is 38.8. The highest BCUT2D eigenvalue weighted by Gasteiger charge is 2.28. The molecule has 0 spiro atoms. The first-order valence-electron chi connectivity index (χ1n) is 13.4. The number of halogens is 1. The molecule has 1 fully saturated rings. The zero-order chi connectivity index (χ0) is 29.3. The van der Waals surface area contributed by atoms with Crippen molar-refractivity contribution in [2.24, 2.45) is 0 Å². The molecular formula is C28H33FN8O3S. The van der Waals surface area contributed by atoms with Gasteiger partial charge in [0.1, 0.15) is 4.90 Å². The molecule has 1 aliphatic rings. The van der Waals surface area contributed by atoms with Crippen LogP contribution >= 0.6 is 0 Å². The molecule has 0 unspecified atom stereocenters. The Kier molecular flexibility index (Phi) is 8.02. The quantitative estimate of drug-likeness (QED) is 0.286. The number of likely N-dealkylation sites (N-methyl/N-ethyl adjacent to an activating group) is 1. The van der Waals surface area contributed by atoms with Gasteiger partial charge in [-0.15, -0.1) is 0 Å². The van der Waals surface area contributed by atoms with Gasteiger partial charge in [-0.05, 0) is 44.2 Å². The molecule has 13 heteroatoms. The monoisotopic (exact) mass is 580 g/mol. The van der Waals surface area contributed by atoms with E-state index in [1.54, 1.807) is 18.6 Å².